The molecule has 136 valence electrons. The second-order valence-corrected chi connectivity index (χ2v) is 6.41. The van der Waals surface area contributed by atoms with E-state index in [1.165, 1.54) is 12.1 Å². The van der Waals surface area contributed by atoms with Crippen LogP contribution in [-0.4, -0.2) is 64.8 Å². The summed E-state index contributed by atoms with van der Waals surface area (Å²) in [6.45, 7) is 5.55. The van der Waals surface area contributed by atoms with Gasteiger partial charge in [0.2, 0.25) is 0 Å². The van der Waals surface area contributed by atoms with Gasteiger partial charge in [-0.25, -0.2) is 4.39 Å². The van der Waals surface area contributed by atoms with Crippen LogP contribution in [0.25, 0.3) is 0 Å². The van der Waals surface area contributed by atoms with Crippen LogP contribution < -0.4 is 4.74 Å². The molecule has 1 saturated heterocycles. The molecule has 25 heavy (non-hydrogen) atoms. The lowest BCUT2D eigenvalue weighted by molar-refractivity contribution is -0.0517. The van der Waals surface area contributed by atoms with E-state index in [9.17, 15) is 9.50 Å². The van der Waals surface area contributed by atoms with Gasteiger partial charge in [-0.3, -0.25) is 9.58 Å². The van der Waals surface area contributed by atoms with Gasteiger partial charge in [0.25, 0.3) is 0 Å². The van der Waals surface area contributed by atoms with Crippen molar-refractivity contribution < 1.29 is 19.0 Å². The first-order valence-corrected chi connectivity index (χ1v) is 8.48. The number of aliphatic hydroxyl groups is 1. The van der Waals surface area contributed by atoms with Gasteiger partial charge in [0.15, 0.2) is 0 Å². The molecule has 0 bridgehead atoms. The van der Waals surface area contributed by atoms with Crippen LogP contribution in [0.3, 0.4) is 0 Å². The third-order valence-corrected chi connectivity index (χ3v) is 4.10. The fourth-order valence-electron chi connectivity index (χ4n) is 2.91. The fourth-order valence-corrected chi connectivity index (χ4v) is 2.91. The van der Waals surface area contributed by atoms with E-state index in [0.29, 0.717) is 25.4 Å². The Bertz CT molecular complexity index is 662. The molecule has 2 heterocycles. The number of benzene rings is 1. The first-order valence-electron chi connectivity index (χ1n) is 8.48. The van der Waals surface area contributed by atoms with E-state index in [4.69, 9.17) is 9.47 Å². The van der Waals surface area contributed by atoms with Crippen molar-refractivity contribution in [2.75, 3.05) is 32.8 Å². The van der Waals surface area contributed by atoms with E-state index in [-0.39, 0.29) is 18.5 Å². The lowest BCUT2D eigenvalue weighted by Crippen LogP contribution is -2.47. The number of hydrogen-bond donors (Lipinski definition) is 1. The van der Waals surface area contributed by atoms with Crippen molar-refractivity contribution in [2.24, 2.45) is 0 Å². The number of morpholine rings is 1. The minimum Gasteiger partial charge on any atom is -0.491 e. The van der Waals surface area contributed by atoms with Crippen LogP contribution in [-0.2, 0) is 11.3 Å². The largest absolute Gasteiger partial charge is 0.491 e. The highest BCUT2D eigenvalue weighted by Gasteiger charge is 2.23. The van der Waals surface area contributed by atoms with Crippen molar-refractivity contribution in [1.29, 1.82) is 0 Å². The highest BCUT2D eigenvalue weighted by Crippen LogP contribution is 2.12. The Morgan fingerprint density at radius 2 is 2.20 bits per heavy atom. The van der Waals surface area contributed by atoms with Crippen molar-refractivity contribution in [2.45, 2.75) is 25.7 Å². The minimum atomic E-state index is -0.615. The predicted molar refractivity (Wildman–Crippen MR) is 91.0 cm³/mol. The molecule has 1 aromatic heterocycles. The van der Waals surface area contributed by atoms with Crippen LogP contribution in [0.15, 0.2) is 36.7 Å². The molecule has 6 nitrogen and oxygen atoms in total. The summed E-state index contributed by atoms with van der Waals surface area (Å²) in [6, 6.07) is 5.79. The molecular weight excluding hydrogens is 325 g/mol. The number of ether oxygens (including phenoxy) is 2. The molecule has 0 spiro atoms. The van der Waals surface area contributed by atoms with E-state index >= 15 is 0 Å². The Balaban J connectivity index is 1.42. The third-order valence-electron chi connectivity index (χ3n) is 4.10. The second-order valence-electron chi connectivity index (χ2n) is 6.41. The van der Waals surface area contributed by atoms with Gasteiger partial charge in [-0.2, -0.15) is 5.10 Å². The molecule has 0 saturated carbocycles. The maximum absolute atomic E-state index is 12.9. The average Bonchev–Trinajstić information content (AvgIpc) is 2.99. The van der Waals surface area contributed by atoms with Crippen LogP contribution in [0.2, 0.25) is 0 Å². The topological polar surface area (TPSA) is 59.8 Å². The Morgan fingerprint density at radius 1 is 1.40 bits per heavy atom. The smallest absolute Gasteiger partial charge is 0.123 e. The molecular formula is C18H24FN3O3. The zero-order valence-electron chi connectivity index (χ0n) is 14.3. The lowest BCUT2D eigenvalue weighted by atomic mass is 10.2. The molecule has 7 heteroatoms. The summed E-state index contributed by atoms with van der Waals surface area (Å²) in [6.07, 6.45) is 3.26. The predicted octanol–water partition coefficient (Wildman–Crippen LogP) is 1.47. The molecule has 1 aromatic carbocycles. The Morgan fingerprint density at radius 3 is 2.92 bits per heavy atom. The Labute approximate surface area is 146 Å². The Hall–Kier alpha value is -1.96. The zero-order valence-corrected chi connectivity index (χ0v) is 14.3. The van der Waals surface area contributed by atoms with Gasteiger partial charge >= 0.3 is 0 Å². The molecule has 2 atom stereocenters. The van der Waals surface area contributed by atoms with Gasteiger partial charge in [0, 0.05) is 25.8 Å². The average molecular weight is 349 g/mol. The van der Waals surface area contributed by atoms with Crippen molar-refractivity contribution in [3.8, 4) is 5.75 Å². The number of β-amino-alcohol motifs (C(OH)–C–C–N with tert-alkyl or cyclic N) is 1. The maximum atomic E-state index is 12.9. The molecule has 1 N–H and O–H groups in total. The van der Waals surface area contributed by atoms with Crippen LogP contribution in [0.5, 0.6) is 5.75 Å². The second kappa shape index (κ2) is 8.42. The standard InChI is InChI=1S/C18H24FN3O3/c1-14-8-20-22(9-14)12-18-11-21(6-7-24-18)10-16(23)13-25-17-4-2-15(19)3-5-17/h2-5,8-9,16,18,23H,6-7,10-13H2,1H3/t16-,18-/m0/s1. The van der Waals surface area contributed by atoms with Gasteiger partial charge in [-0.15, -0.1) is 0 Å². The van der Waals surface area contributed by atoms with Crippen LogP contribution in [0.1, 0.15) is 5.56 Å². The Kier molecular flexibility index (Phi) is 6.01. The zero-order chi connectivity index (χ0) is 17.6. The summed E-state index contributed by atoms with van der Waals surface area (Å²) in [4.78, 5) is 2.17. The lowest BCUT2D eigenvalue weighted by Gasteiger charge is -2.33. The van der Waals surface area contributed by atoms with Gasteiger partial charge in [0.1, 0.15) is 24.3 Å². The summed E-state index contributed by atoms with van der Waals surface area (Å²) in [5.41, 5.74) is 1.13. The third kappa shape index (κ3) is 5.52. The maximum Gasteiger partial charge on any atom is 0.123 e. The molecule has 1 fully saturated rings. The summed E-state index contributed by atoms with van der Waals surface area (Å²) >= 11 is 0. The highest BCUT2D eigenvalue weighted by molar-refractivity contribution is 5.22. The van der Waals surface area contributed by atoms with Crippen LogP contribution >= 0.6 is 0 Å². The van der Waals surface area contributed by atoms with E-state index in [0.717, 1.165) is 18.7 Å². The SMILES string of the molecule is Cc1cnn(C[C@@H]2CN(C[C@H](O)COc3ccc(F)cc3)CCO2)c1. The summed E-state index contributed by atoms with van der Waals surface area (Å²) in [5.74, 6) is 0.244. The fraction of sp³-hybridized carbons (Fsp3) is 0.500. The molecule has 0 unspecified atom stereocenters. The van der Waals surface area contributed by atoms with E-state index in [1.54, 1.807) is 12.1 Å². The quantitative estimate of drug-likeness (QED) is 0.820. The normalized spacial score (nSPS) is 19.7. The van der Waals surface area contributed by atoms with Crippen LogP contribution in [0, 0.1) is 12.7 Å². The molecule has 0 amide bonds. The van der Waals surface area contributed by atoms with Gasteiger partial charge in [-0.05, 0) is 36.8 Å². The van der Waals surface area contributed by atoms with Crippen molar-refractivity contribution >= 4 is 0 Å². The summed E-state index contributed by atoms with van der Waals surface area (Å²) in [5, 5.41) is 14.5. The number of nitrogens with zero attached hydrogens (tertiary/aromatic N) is 3. The molecule has 0 radical (unpaired) electrons. The van der Waals surface area contributed by atoms with Crippen LogP contribution in [0.4, 0.5) is 4.39 Å². The number of rotatable bonds is 7. The molecule has 1 aliphatic rings. The molecule has 2 aromatic rings. The van der Waals surface area contributed by atoms with E-state index in [1.807, 2.05) is 24.0 Å². The van der Waals surface area contributed by atoms with Crippen molar-refractivity contribution in [1.82, 2.24) is 14.7 Å². The van der Waals surface area contributed by atoms with Gasteiger partial charge in [0.05, 0.1) is 25.5 Å². The number of aryl methyl sites for hydroxylation is 1. The molecule has 3 rings (SSSR count). The minimum absolute atomic E-state index is 0.0540. The number of halogens is 1. The van der Waals surface area contributed by atoms with E-state index in [2.05, 4.69) is 10.00 Å². The molecule has 1 aliphatic heterocycles. The monoisotopic (exact) mass is 349 g/mol. The summed E-state index contributed by atoms with van der Waals surface area (Å²) in [7, 11) is 0. The summed E-state index contributed by atoms with van der Waals surface area (Å²) < 4.78 is 26.0. The van der Waals surface area contributed by atoms with Crippen molar-refractivity contribution in [3.05, 3.63) is 48.0 Å². The number of aliphatic hydroxyl groups excluding tert-OH is 1. The van der Waals surface area contributed by atoms with Gasteiger partial charge < -0.3 is 14.6 Å². The number of aromatic nitrogens is 2. The van der Waals surface area contributed by atoms with E-state index < -0.39 is 6.10 Å². The molecule has 0 aliphatic carbocycles. The van der Waals surface area contributed by atoms with Gasteiger partial charge in [-0.1, -0.05) is 0 Å². The number of hydrogen-bond acceptors (Lipinski definition) is 5. The first kappa shape index (κ1) is 17.8. The first-order chi connectivity index (χ1) is 12.1. The highest BCUT2D eigenvalue weighted by atomic mass is 19.1. The van der Waals surface area contributed by atoms with Crippen molar-refractivity contribution in [3.63, 3.8) is 0 Å².